The van der Waals surface area contributed by atoms with Crippen molar-refractivity contribution in [2.24, 2.45) is 10.3 Å². The minimum atomic E-state index is -0.215. The molecule has 0 unspecified atom stereocenters. The van der Waals surface area contributed by atoms with E-state index in [1.54, 1.807) is 0 Å². The molecule has 0 saturated heterocycles. The fourth-order valence-corrected chi connectivity index (χ4v) is 3.79. The Hall–Kier alpha value is -2.12. The summed E-state index contributed by atoms with van der Waals surface area (Å²) in [5.74, 6) is -0.430. The molecule has 0 heterocycles. The lowest BCUT2D eigenvalue weighted by molar-refractivity contribution is -0.115. The number of hydrogen-bond donors (Lipinski definition) is 2. The molecule has 2 rings (SSSR count). The lowest BCUT2D eigenvalue weighted by Crippen LogP contribution is -2.26. The van der Waals surface area contributed by atoms with Crippen LogP contribution in [0.1, 0.15) is 89.9 Å². The third-order valence-electron chi connectivity index (χ3n) is 5.57. The van der Waals surface area contributed by atoms with Crippen LogP contribution in [0, 0.1) is 0 Å². The average Bonchev–Trinajstić information content (AvgIpc) is 2.77. The summed E-state index contributed by atoms with van der Waals surface area (Å²) < 4.78 is 0. The second kappa shape index (κ2) is 15.7. The quantitative estimate of drug-likeness (QED) is 0.270. The normalized spacial score (nSPS) is 18.5. The Bertz CT molecular complexity index is 493. The highest BCUT2D eigenvalue weighted by Crippen LogP contribution is 2.20. The van der Waals surface area contributed by atoms with Crippen molar-refractivity contribution in [2.75, 3.05) is 13.1 Å². The number of amides is 2. The predicted octanol–water partition coefficient (Wildman–Crippen LogP) is 3.45. The summed E-state index contributed by atoms with van der Waals surface area (Å²) in [6.45, 7) is 1.23. The van der Waals surface area contributed by atoms with Gasteiger partial charge in [0.05, 0.1) is 0 Å². The average molecular weight is 423 g/mol. The molecule has 0 atom stereocenters. The Labute approximate surface area is 180 Å². The van der Waals surface area contributed by atoms with Crippen LogP contribution >= 0.6 is 0 Å². The zero-order chi connectivity index (χ0) is 21.3. The molecule has 2 aliphatic carbocycles. The van der Waals surface area contributed by atoms with Crippen LogP contribution in [0.4, 0.5) is 0 Å². The summed E-state index contributed by atoms with van der Waals surface area (Å²) in [6, 6.07) is 0. The predicted molar refractivity (Wildman–Crippen MR) is 117 cm³/mol. The summed E-state index contributed by atoms with van der Waals surface area (Å²) in [5.41, 5.74) is 0. The molecule has 0 spiro atoms. The van der Waals surface area contributed by atoms with Crippen molar-refractivity contribution in [3.8, 4) is 0 Å². The van der Waals surface area contributed by atoms with E-state index in [0.29, 0.717) is 13.1 Å². The minimum absolute atomic E-state index is 0.166. The van der Waals surface area contributed by atoms with Gasteiger partial charge in [0.1, 0.15) is 24.6 Å². The van der Waals surface area contributed by atoms with E-state index in [4.69, 9.17) is 9.68 Å². The summed E-state index contributed by atoms with van der Waals surface area (Å²) in [5, 5.41) is 13.2. The van der Waals surface area contributed by atoms with Crippen LogP contribution in [-0.2, 0) is 19.3 Å². The molecule has 2 amide bonds. The maximum Gasteiger partial charge on any atom is 0.265 e. The van der Waals surface area contributed by atoms with Crippen molar-refractivity contribution >= 4 is 24.2 Å². The van der Waals surface area contributed by atoms with Gasteiger partial charge in [-0.15, -0.1) is 0 Å². The highest BCUT2D eigenvalue weighted by atomic mass is 16.6. The lowest BCUT2D eigenvalue weighted by Gasteiger charge is -2.18. The van der Waals surface area contributed by atoms with E-state index in [0.717, 1.165) is 51.4 Å². The molecule has 0 aromatic rings. The van der Waals surface area contributed by atoms with Crippen LogP contribution in [0.3, 0.4) is 0 Å². The Kier molecular flexibility index (Phi) is 12.6. The smallest absolute Gasteiger partial charge is 0.265 e. The van der Waals surface area contributed by atoms with Crippen LogP contribution in [0.15, 0.2) is 10.3 Å². The van der Waals surface area contributed by atoms with Gasteiger partial charge in [0.25, 0.3) is 11.8 Å². The fourth-order valence-electron chi connectivity index (χ4n) is 3.79. The SMILES string of the molecule is O=C(/C=N/OC1CCCCC1)NCCCCCCNC(=O)/C=N/OC1CCCCC1. The summed E-state index contributed by atoms with van der Waals surface area (Å²) in [4.78, 5) is 34.1. The molecule has 30 heavy (non-hydrogen) atoms. The molecule has 0 aromatic carbocycles. The van der Waals surface area contributed by atoms with E-state index in [1.165, 1.54) is 51.0 Å². The van der Waals surface area contributed by atoms with Gasteiger partial charge in [-0.25, -0.2) is 0 Å². The largest absolute Gasteiger partial charge is 0.392 e. The zero-order valence-corrected chi connectivity index (χ0v) is 18.2. The van der Waals surface area contributed by atoms with Crippen molar-refractivity contribution in [1.29, 1.82) is 0 Å². The third kappa shape index (κ3) is 11.8. The maximum absolute atomic E-state index is 11.7. The maximum atomic E-state index is 11.7. The lowest BCUT2D eigenvalue weighted by atomic mass is 9.98. The monoisotopic (exact) mass is 422 g/mol. The van der Waals surface area contributed by atoms with Crippen LogP contribution in [0.2, 0.25) is 0 Å². The van der Waals surface area contributed by atoms with Gasteiger partial charge in [-0.05, 0) is 64.2 Å². The fraction of sp³-hybridized carbons (Fsp3) is 0.818. The van der Waals surface area contributed by atoms with Crippen molar-refractivity contribution < 1.29 is 19.3 Å². The standard InChI is InChI=1S/C22H38N4O4/c27-21(17-25-29-19-11-5-3-6-12-19)23-15-9-1-2-10-16-24-22(28)18-26-30-20-13-7-4-8-14-20/h17-20H,1-16H2,(H,23,27)(H,24,28)/b25-17+,26-18+. The minimum Gasteiger partial charge on any atom is -0.392 e. The number of rotatable bonds is 13. The molecule has 0 aromatic heterocycles. The van der Waals surface area contributed by atoms with Crippen LogP contribution < -0.4 is 10.6 Å². The summed E-state index contributed by atoms with van der Waals surface area (Å²) in [6.07, 6.45) is 17.9. The number of unbranched alkanes of at least 4 members (excludes halogenated alkanes) is 3. The molecule has 2 N–H and O–H groups in total. The first-order valence-electron chi connectivity index (χ1n) is 11.7. The van der Waals surface area contributed by atoms with E-state index in [9.17, 15) is 9.59 Å². The molecule has 2 fully saturated rings. The molecule has 0 bridgehead atoms. The van der Waals surface area contributed by atoms with Gasteiger partial charge in [0, 0.05) is 13.1 Å². The molecule has 2 saturated carbocycles. The van der Waals surface area contributed by atoms with Gasteiger partial charge in [0.15, 0.2) is 0 Å². The van der Waals surface area contributed by atoms with Crippen molar-refractivity contribution in [2.45, 2.75) is 102 Å². The van der Waals surface area contributed by atoms with Crippen LogP contribution in [0.25, 0.3) is 0 Å². The number of carbonyl (C=O) groups is 2. The summed E-state index contributed by atoms with van der Waals surface area (Å²) in [7, 11) is 0. The Balaban J connectivity index is 1.37. The van der Waals surface area contributed by atoms with E-state index >= 15 is 0 Å². The van der Waals surface area contributed by atoms with Crippen molar-refractivity contribution in [1.82, 2.24) is 10.6 Å². The van der Waals surface area contributed by atoms with E-state index < -0.39 is 0 Å². The second-order valence-corrected chi connectivity index (χ2v) is 8.20. The first-order chi connectivity index (χ1) is 14.7. The molecular formula is C22H38N4O4. The second-order valence-electron chi connectivity index (χ2n) is 8.20. The van der Waals surface area contributed by atoms with E-state index in [1.807, 2.05) is 0 Å². The van der Waals surface area contributed by atoms with Gasteiger partial charge >= 0.3 is 0 Å². The van der Waals surface area contributed by atoms with Crippen molar-refractivity contribution in [3.05, 3.63) is 0 Å². The number of nitrogens with one attached hydrogen (secondary N) is 2. The Morgan fingerprint density at radius 2 is 1.07 bits per heavy atom. The first-order valence-corrected chi connectivity index (χ1v) is 11.7. The van der Waals surface area contributed by atoms with Crippen molar-refractivity contribution in [3.63, 3.8) is 0 Å². The topological polar surface area (TPSA) is 101 Å². The Morgan fingerprint density at radius 3 is 1.47 bits per heavy atom. The molecule has 8 heteroatoms. The van der Waals surface area contributed by atoms with E-state index in [2.05, 4.69) is 20.9 Å². The Morgan fingerprint density at radius 1 is 0.667 bits per heavy atom. The molecular weight excluding hydrogens is 384 g/mol. The molecule has 0 aliphatic heterocycles. The number of nitrogens with zero attached hydrogens (tertiary/aromatic N) is 2. The van der Waals surface area contributed by atoms with Gasteiger partial charge < -0.3 is 20.3 Å². The molecule has 2 aliphatic rings. The van der Waals surface area contributed by atoms with Gasteiger partial charge in [-0.1, -0.05) is 36.0 Å². The van der Waals surface area contributed by atoms with Crippen LogP contribution in [-0.4, -0.2) is 49.5 Å². The van der Waals surface area contributed by atoms with Crippen LogP contribution in [0.5, 0.6) is 0 Å². The van der Waals surface area contributed by atoms with Gasteiger partial charge in [-0.3, -0.25) is 9.59 Å². The number of hydrogen-bond acceptors (Lipinski definition) is 6. The highest BCUT2D eigenvalue weighted by molar-refractivity contribution is 6.26. The number of carbonyl (C=O) groups excluding carboxylic acids is 2. The summed E-state index contributed by atoms with van der Waals surface area (Å²) >= 11 is 0. The third-order valence-corrected chi connectivity index (χ3v) is 5.57. The molecule has 0 radical (unpaired) electrons. The first kappa shape index (κ1) is 24.2. The van der Waals surface area contributed by atoms with Gasteiger partial charge in [-0.2, -0.15) is 0 Å². The number of oxime groups is 2. The molecule has 8 nitrogen and oxygen atoms in total. The van der Waals surface area contributed by atoms with Gasteiger partial charge in [0.2, 0.25) is 0 Å². The van der Waals surface area contributed by atoms with E-state index in [-0.39, 0.29) is 24.0 Å². The highest BCUT2D eigenvalue weighted by Gasteiger charge is 2.14. The molecule has 170 valence electrons. The zero-order valence-electron chi connectivity index (χ0n) is 18.2.